The van der Waals surface area contributed by atoms with Gasteiger partial charge in [-0.25, -0.2) is 0 Å². The number of ether oxygens (including phenoxy) is 2. The Hall–Kier alpha value is -2.76. The van der Waals surface area contributed by atoms with Crippen LogP contribution >= 0.6 is 0 Å². The number of carbonyl (C=O) groups is 1. The molecule has 1 aromatic carbocycles. The van der Waals surface area contributed by atoms with Crippen LogP contribution in [0.1, 0.15) is 15.9 Å². The summed E-state index contributed by atoms with van der Waals surface area (Å²) in [6.07, 6.45) is 3.04. The summed E-state index contributed by atoms with van der Waals surface area (Å²) in [6, 6.07) is 6.99. The summed E-state index contributed by atoms with van der Waals surface area (Å²) in [5, 5.41) is 2.81. The van der Waals surface area contributed by atoms with Crippen LogP contribution in [0.2, 0.25) is 0 Å². The molecule has 0 spiro atoms. The highest BCUT2D eigenvalue weighted by Crippen LogP contribution is 2.22. The van der Waals surface area contributed by atoms with Crippen molar-refractivity contribution >= 4 is 11.6 Å². The maximum absolute atomic E-state index is 12.1. The quantitative estimate of drug-likeness (QED) is 0.816. The van der Waals surface area contributed by atoms with Gasteiger partial charge in [-0.3, -0.25) is 9.78 Å². The van der Waals surface area contributed by atoms with E-state index in [-0.39, 0.29) is 5.91 Å². The zero-order valence-electron chi connectivity index (χ0n) is 11.9. The van der Waals surface area contributed by atoms with E-state index < -0.39 is 0 Å². The van der Waals surface area contributed by atoms with Crippen molar-refractivity contribution in [3.63, 3.8) is 0 Å². The summed E-state index contributed by atoms with van der Waals surface area (Å²) in [6.45, 7) is 0.360. The predicted molar refractivity (Wildman–Crippen MR) is 79.4 cm³/mol. The lowest BCUT2D eigenvalue weighted by Crippen LogP contribution is -2.23. The van der Waals surface area contributed by atoms with Crippen LogP contribution in [-0.4, -0.2) is 25.1 Å². The number of aromatic nitrogens is 1. The number of hydrogen-bond donors (Lipinski definition) is 2. The van der Waals surface area contributed by atoms with Gasteiger partial charge in [-0.2, -0.15) is 0 Å². The zero-order valence-corrected chi connectivity index (χ0v) is 11.9. The highest BCUT2D eigenvalue weighted by atomic mass is 16.5. The van der Waals surface area contributed by atoms with Crippen molar-refractivity contribution in [2.45, 2.75) is 6.54 Å². The second kappa shape index (κ2) is 6.60. The minimum absolute atomic E-state index is 0.233. The fourth-order valence-corrected chi connectivity index (χ4v) is 1.90. The maximum atomic E-state index is 12.1. The van der Waals surface area contributed by atoms with Gasteiger partial charge in [0.15, 0.2) is 0 Å². The third-order valence-electron chi connectivity index (χ3n) is 3.00. The lowest BCUT2D eigenvalue weighted by Gasteiger charge is -2.10. The Bertz CT molecular complexity index is 644. The Labute approximate surface area is 122 Å². The average Bonchev–Trinajstić information content (AvgIpc) is 2.52. The number of nitrogens with zero attached hydrogens (tertiary/aromatic N) is 1. The Morgan fingerprint density at radius 3 is 2.67 bits per heavy atom. The number of nitrogens with two attached hydrogens (primary N) is 1. The maximum Gasteiger partial charge on any atom is 0.255 e. The molecule has 0 aliphatic heterocycles. The summed E-state index contributed by atoms with van der Waals surface area (Å²) < 4.78 is 10.2. The average molecular weight is 287 g/mol. The molecular formula is C15H17N3O3. The SMILES string of the molecule is COc1ccc(CNC(=O)c2ccncc2OC)cc1N. The first kappa shape index (κ1) is 14.6. The van der Waals surface area contributed by atoms with E-state index in [0.717, 1.165) is 5.56 Å². The van der Waals surface area contributed by atoms with Crippen LogP contribution in [0.5, 0.6) is 11.5 Å². The highest BCUT2D eigenvalue weighted by Gasteiger charge is 2.11. The van der Waals surface area contributed by atoms with E-state index in [1.807, 2.05) is 6.07 Å². The van der Waals surface area contributed by atoms with E-state index in [9.17, 15) is 4.79 Å². The molecule has 0 fully saturated rings. The number of methoxy groups -OCH3 is 2. The van der Waals surface area contributed by atoms with E-state index >= 15 is 0 Å². The van der Waals surface area contributed by atoms with Gasteiger partial charge in [-0.05, 0) is 23.8 Å². The molecule has 0 saturated carbocycles. The minimum atomic E-state index is -0.233. The van der Waals surface area contributed by atoms with Crippen molar-refractivity contribution in [3.8, 4) is 11.5 Å². The molecule has 1 heterocycles. The first-order valence-electron chi connectivity index (χ1n) is 6.34. The van der Waals surface area contributed by atoms with E-state index in [0.29, 0.717) is 29.3 Å². The fourth-order valence-electron chi connectivity index (χ4n) is 1.90. The van der Waals surface area contributed by atoms with Crippen molar-refractivity contribution in [1.29, 1.82) is 0 Å². The van der Waals surface area contributed by atoms with Crippen LogP contribution < -0.4 is 20.5 Å². The number of nitrogens with one attached hydrogen (secondary N) is 1. The molecule has 110 valence electrons. The third-order valence-corrected chi connectivity index (χ3v) is 3.00. The van der Waals surface area contributed by atoms with Gasteiger partial charge in [0, 0.05) is 12.7 Å². The lowest BCUT2D eigenvalue weighted by atomic mass is 10.1. The molecule has 2 rings (SSSR count). The molecule has 0 unspecified atom stereocenters. The van der Waals surface area contributed by atoms with Gasteiger partial charge in [0.1, 0.15) is 11.5 Å². The predicted octanol–water partition coefficient (Wildman–Crippen LogP) is 1.61. The van der Waals surface area contributed by atoms with Gasteiger partial charge < -0.3 is 20.5 Å². The first-order valence-corrected chi connectivity index (χ1v) is 6.34. The largest absolute Gasteiger partial charge is 0.495 e. The number of pyridine rings is 1. The zero-order chi connectivity index (χ0) is 15.2. The second-order valence-electron chi connectivity index (χ2n) is 4.33. The van der Waals surface area contributed by atoms with Crippen molar-refractivity contribution < 1.29 is 14.3 Å². The molecule has 0 radical (unpaired) electrons. The lowest BCUT2D eigenvalue weighted by molar-refractivity contribution is 0.0947. The smallest absolute Gasteiger partial charge is 0.255 e. The highest BCUT2D eigenvalue weighted by molar-refractivity contribution is 5.96. The molecule has 1 aromatic heterocycles. The Morgan fingerprint density at radius 1 is 1.24 bits per heavy atom. The molecule has 0 saturated heterocycles. The van der Waals surface area contributed by atoms with E-state index in [1.165, 1.54) is 13.3 Å². The number of anilines is 1. The van der Waals surface area contributed by atoms with Crippen LogP contribution in [0.25, 0.3) is 0 Å². The number of rotatable bonds is 5. The summed E-state index contributed by atoms with van der Waals surface area (Å²) in [5.74, 6) is 0.814. The monoisotopic (exact) mass is 287 g/mol. The van der Waals surface area contributed by atoms with Gasteiger partial charge in [0.05, 0.1) is 31.7 Å². The molecule has 1 amide bonds. The van der Waals surface area contributed by atoms with Gasteiger partial charge >= 0.3 is 0 Å². The van der Waals surface area contributed by atoms with Crippen LogP contribution in [0.15, 0.2) is 36.7 Å². The van der Waals surface area contributed by atoms with Crippen LogP contribution in [0.3, 0.4) is 0 Å². The molecule has 3 N–H and O–H groups in total. The van der Waals surface area contributed by atoms with Crippen molar-refractivity contribution in [3.05, 3.63) is 47.8 Å². The van der Waals surface area contributed by atoms with Gasteiger partial charge in [-0.1, -0.05) is 6.07 Å². The van der Waals surface area contributed by atoms with Crippen LogP contribution in [0.4, 0.5) is 5.69 Å². The molecule has 0 bridgehead atoms. The minimum Gasteiger partial charge on any atom is -0.495 e. The number of carbonyl (C=O) groups excluding carboxylic acids is 1. The van der Waals surface area contributed by atoms with Crippen molar-refractivity contribution in [2.75, 3.05) is 20.0 Å². The van der Waals surface area contributed by atoms with E-state index in [1.54, 1.807) is 31.5 Å². The Kier molecular flexibility index (Phi) is 4.61. The fraction of sp³-hybridized carbons (Fsp3) is 0.200. The number of benzene rings is 1. The summed E-state index contributed by atoms with van der Waals surface area (Å²) in [7, 11) is 3.06. The van der Waals surface area contributed by atoms with Crippen molar-refractivity contribution in [2.24, 2.45) is 0 Å². The molecule has 6 heteroatoms. The van der Waals surface area contributed by atoms with Gasteiger partial charge in [0.2, 0.25) is 0 Å². The molecule has 6 nitrogen and oxygen atoms in total. The van der Waals surface area contributed by atoms with Crippen LogP contribution in [-0.2, 0) is 6.54 Å². The molecular weight excluding hydrogens is 270 g/mol. The molecule has 0 aliphatic carbocycles. The van der Waals surface area contributed by atoms with Crippen LogP contribution in [0, 0.1) is 0 Å². The molecule has 2 aromatic rings. The summed E-state index contributed by atoms with van der Waals surface area (Å²) in [4.78, 5) is 16.0. The van der Waals surface area contributed by atoms with Gasteiger partial charge in [-0.15, -0.1) is 0 Å². The number of nitrogen functional groups attached to an aromatic ring is 1. The summed E-state index contributed by atoms with van der Waals surface area (Å²) >= 11 is 0. The van der Waals surface area contributed by atoms with Crippen molar-refractivity contribution in [1.82, 2.24) is 10.3 Å². The third kappa shape index (κ3) is 3.42. The second-order valence-corrected chi connectivity index (χ2v) is 4.33. The molecule has 0 atom stereocenters. The summed E-state index contributed by atoms with van der Waals surface area (Å²) in [5.41, 5.74) is 7.68. The number of hydrogen-bond acceptors (Lipinski definition) is 5. The normalized spacial score (nSPS) is 10.0. The molecule has 21 heavy (non-hydrogen) atoms. The topological polar surface area (TPSA) is 86.5 Å². The number of amides is 1. The first-order chi connectivity index (χ1) is 10.2. The standard InChI is InChI=1S/C15H17N3O3/c1-20-13-4-3-10(7-12(13)16)8-18-15(19)11-5-6-17-9-14(11)21-2/h3-7,9H,8,16H2,1-2H3,(H,18,19). The van der Waals surface area contributed by atoms with Gasteiger partial charge in [0.25, 0.3) is 5.91 Å². The van der Waals surface area contributed by atoms with E-state index in [2.05, 4.69) is 10.3 Å². The Morgan fingerprint density at radius 2 is 2.00 bits per heavy atom. The Balaban J connectivity index is 2.06. The van der Waals surface area contributed by atoms with E-state index in [4.69, 9.17) is 15.2 Å². The molecule has 0 aliphatic rings.